The summed E-state index contributed by atoms with van der Waals surface area (Å²) in [5.41, 5.74) is 6.51. The van der Waals surface area contributed by atoms with E-state index in [1.165, 1.54) is 44.9 Å². The minimum absolute atomic E-state index is 0.352. The van der Waals surface area contributed by atoms with Gasteiger partial charge in [-0.1, -0.05) is 39.5 Å². The van der Waals surface area contributed by atoms with E-state index in [9.17, 15) is 0 Å². The Kier molecular flexibility index (Phi) is 5.70. The Balaban J connectivity index is 1.81. The molecule has 2 N–H and O–H groups in total. The third-order valence-electron chi connectivity index (χ3n) is 5.71. The third-order valence-corrected chi connectivity index (χ3v) is 5.71. The molecule has 0 aromatic rings. The van der Waals surface area contributed by atoms with Crippen LogP contribution in [-0.2, 0) is 4.74 Å². The van der Waals surface area contributed by atoms with Crippen molar-refractivity contribution in [3.63, 3.8) is 0 Å². The molecule has 0 amide bonds. The lowest BCUT2D eigenvalue weighted by Crippen LogP contribution is -2.47. The molecule has 4 atom stereocenters. The van der Waals surface area contributed by atoms with Gasteiger partial charge in [-0.15, -0.1) is 0 Å². The molecule has 0 saturated heterocycles. The zero-order chi connectivity index (χ0) is 13.8. The van der Waals surface area contributed by atoms with Gasteiger partial charge in [0, 0.05) is 12.6 Å². The second-order valence-corrected chi connectivity index (χ2v) is 7.13. The van der Waals surface area contributed by atoms with Gasteiger partial charge in [-0.05, 0) is 49.9 Å². The molecular formula is C17H33NO. The molecule has 2 fully saturated rings. The van der Waals surface area contributed by atoms with Crippen LogP contribution < -0.4 is 5.73 Å². The van der Waals surface area contributed by atoms with Gasteiger partial charge in [-0.3, -0.25) is 0 Å². The number of hydrogen-bond acceptors (Lipinski definition) is 2. The van der Waals surface area contributed by atoms with Crippen molar-refractivity contribution in [1.82, 2.24) is 0 Å². The minimum Gasteiger partial charge on any atom is -0.378 e. The van der Waals surface area contributed by atoms with Gasteiger partial charge in [-0.2, -0.15) is 0 Å². The van der Waals surface area contributed by atoms with Crippen molar-refractivity contribution >= 4 is 0 Å². The van der Waals surface area contributed by atoms with Gasteiger partial charge in [0.25, 0.3) is 0 Å². The number of ether oxygens (including phenoxy) is 1. The van der Waals surface area contributed by atoms with Crippen molar-refractivity contribution in [2.75, 3.05) is 6.61 Å². The lowest BCUT2D eigenvalue weighted by atomic mass is 9.70. The summed E-state index contributed by atoms with van der Waals surface area (Å²) in [5.74, 6) is 3.17. The first-order chi connectivity index (χ1) is 9.11. The number of nitrogens with two attached hydrogens (primary N) is 1. The van der Waals surface area contributed by atoms with Crippen molar-refractivity contribution in [3.05, 3.63) is 0 Å². The van der Waals surface area contributed by atoms with E-state index in [1.807, 2.05) is 0 Å². The van der Waals surface area contributed by atoms with E-state index in [2.05, 4.69) is 20.8 Å². The molecule has 2 aliphatic rings. The van der Waals surface area contributed by atoms with Crippen LogP contribution in [0.3, 0.4) is 0 Å². The van der Waals surface area contributed by atoms with Crippen molar-refractivity contribution in [3.8, 4) is 0 Å². The number of hydrogen-bond donors (Lipinski definition) is 1. The summed E-state index contributed by atoms with van der Waals surface area (Å²) < 4.78 is 5.84. The molecule has 2 saturated carbocycles. The summed E-state index contributed by atoms with van der Waals surface area (Å²) in [6, 6.07) is 0.352. The number of rotatable bonds is 4. The highest BCUT2D eigenvalue weighted by molar-refractivity contribution is 4.90. The molecule has 2 heteroatoms. The molecule has 112 valence electrons. The first kappa shape index (κ1) is 15.3. The van der Waals surface area contributed by atoms with E-state index in [4.69, 9.17) is 10.5 Å². The van der Waals surface area contributed by atoms with E-state index in [0.717, 1.165) is 24.4 Å². The van der Waals surface area contributed by atoms with Crippen LogP contribution in [0.5, 0.6) is 0 Å². The molecule has 0 aliphatic heterocycles. The molecule has 0 bridgehead atoms. The Morgan fingerprint density at radius 1 is 1.00 bits per heavy atom. The van der Waals surface area contributed by atoms with Gasteiger partial charge in [0.05, 0.1) is 6.10 Å². The molecule has 2 nitrogen and oxygen atoms in total. The molecule has 19 heavy (non-hydrogen) atoms. The molecule has 2 aliphatic carbocycles. The fourth-order valence-corrected chi connectivity index (χ4v) is 4.23. The maximum absolute atomic E-state index is 6.51. The molecule has 0 spiro atoms. The van der Waals surface area contributed by atoms with Gasteiger partial charge >= 0.3 is 0 Å². The molecule has 0 heterocycles. The van der Waals surface area contributed by atoms with Gasteiger partial charge in [0.2, 0.25) is 0 Å². The maximum Gasteiger partial charge on any atom is 0.0615 e. The molecule has 0 aromatic carbocycles. The Morgan fingerprint density at radius 2 is 1.68 bits per heavy atom. The minimum atomic E-state index is 0.352. The van der Waals surface area contributed by atoms with Crippen molar-refractivity contribution in [2.24, 2.45) is 29.4 Å². The average molecular weight is 267 g/mol. The Morgan fingerprint density at radius 3 is 2.32 bits per heavy atom. The van der Waals surface area contributed by atoms with Gasteiger partial charge in [-0.25, -0.2) is 0 Å². The monoisotopic (exact) mass is 267 g/mol. The van der Waals surface area contributed by atoms with Crippen molar-refractivity contribution < 1.29 is 4.74 Å². The second kappa shape index (κ2) is 7.08. The van der Waals surface area contributed by atoms with Crippen molar-refractivity contribution in [2.45, 2.75) is 77.9 Å². The van der Waals surface area contributed by atoms with E-state index in [-0.39, 0.29) is 0 Å². The Hall–Kier alpha value is -0.0800. The summed E-state index contributed by atoms with van der Waals surface area (Å²) >= 11 is 0. The van der Waals surface area contributed by atoms with Crippen LogP contribution in [0.1, 0.15) is 65.7 Å². The van der Waals surface area contributed by atoms with Gasteiger partial charge < -0.3 is 10.5 Å². The zero-order valence-corrected chi connectivity index (χ0v) is 13.1. The fourth-order valence-electron chi connectivity index (χ4n) is 4.23. The molecular weight excluding hydrogens is 234 g/mol. The Bertz CT molecular complexity index is 260. The maximum atomic E-state index is 6.51. The summed E-state index contributed by atoms with van der Waals surface area (Å²) in [6.45, 7) is 7.61. The fraction of sp³-hybridized carbons (Fsp3) is 1.00. The predicted molar refractivity (Wildman–Crippen MR) is 81.0 cm³/mol. The first-order valence-corrected chi connectivity index (χ1v) is 8.49. The second-order valence-electron chi connectivity index (χ2n) is 7.13. The SMILES string of the molecule is CCOC1CCC(CC2CCC(C)CC2)C(N)C1C. The molecule has 0 radical (unpaired) electrons. The highest BCUT2D eigenvalue weighted by Crippen LogP contribution is 2.38. The lowest BCUT2D eigenvalue weighted by molar-refractivity contribution is -0.0242. The van der Waals surface area contributed by atoms with Crippen LogP contribution in [0.15, 0.2) is 0 Å². The van der Waals surface area contributed by atoms with Crippen molar-refractivity contribution in [1.29, 1.82) is 0 Å². The highest BCUT2D eigenvalue weighted by atomic mass is 16.5. The van der Waals surface area contributed by atoms with E-state index < -0.39 is 0 Å². The summed E-state index contributed by atoms with van der Waals surface area (Å²) in [6.07, 6.45) is 10.0. The average Bonchev–Trinajstić information content (AvgIpc) is 2.41. The van der Waals surface area contributed by atoms with Crippen LogP contribution in [0.4, 0.5) is 0 Å². The third kappa shape index (κ3) is 3.95. The van der Waals surface area contributed by atoms with Crippen LogP contribution in [-0.4, -0.2) is 18.8 Å². The predicted octanol–water partition coefficient (Wildman–Crippen LogP) is 3.98. The lowest BCUT2D eigenvalue weighted by Gasteiger charge is -2.41. The summed E-state index contributed by atoms with van der Waals surface area (Å²) in [4.78, 5) is 0. The van der Waals surface area contributed by atoms with E-state index in [0.29, 0.717) is 18.1 Å². The van der Waals surface area contributed by atoms with Gasteiger partial charge in [0.1, 0.15) is 0 Å². The topological polar surface area (TPSA) is 35.2 Å². The highest BCUT2D eigenvalue weighted by Gasteiger charge is 2.36. The summed E-state index contributed by atoms with van der Waals surface area (Å²) in [7, 11) is 0. The van der Waals surface area contributed by atoms with E-state index >= 15 is 0 Å². The first-order valence-electron chi connectivity index (χ1n) is 8.49. The van der Waals surface area contributed by atoms with Crippen LogP contribution in [0.25, 0.3) is 0 Å². The normalized spacial score (nSPS) is 44.2. The van der Waals surface area contributed by atoms with Gasteiger partial charge in [0.15, 0.2) is 0 Å². The van der Waals surface area contributed by atoms with Crippen LogP contribution in [0.2, 0.25) is 0 Å². The quantitative estimate of drug-likeness (QED) is 0.836. The standard InChI is InChI=1S/C17H33NO/c1-4-19-16-10-9-15(17(18)13(16)3)11-14-7-5-12(2)6-8-14/h12-17H,4-11,18H2,1-3H3. The zero-order valence-electron chi connectivity index (χ0n) is 13.1. The Labute approximate surface area is 119 Å². The molecule has 4 unspecified atom stereocenters. The van der Waals surface area contributed by atoms with Crippen LogP contribution in [0, 0.1) is 23.7 Å². The molecule has 2 rings (SSSR count). The summed E-state index contributed by atoms with van der Waals surface area (Å²) in [5, 5.41) is 0. The van der Waals surface area contributed by atoms with E-state index in [1.54, 1.807) is 0 Å². The molecule has 0 aromatic heterocycles. The van der Waals surface area contributed by atoms with Crippen LogP contribution >= 0.6 is 0 Å². The smallest absolute Gasteiger partial charge is 0.0615 e. The largest absolute Gasteiger partial charge is 0.378 e.